The minimum Gasteiger partial charge on any atom is -0.289 e. The molecule has 5 aromatic carbocycles. The Labute approximate surface area is 515 Å². The van der Waals surface area contributed by atoms with Gasteiger partial charge in [0.2, 0.25) is 5.78 Å². The number of carbonyl (C=O) groups is 1. The lowest BCUT2D eigenvalue weighted by molar-refractivity contribution is -0.144. The second kappa shape index (κ2) is 33.1. The van der Waals surface area contributed by atoms with Gasteiger partial charge in [0.1, 0.15) is 17.7 Å². The smallest absolute Gasteiger partial charge is 0.289 e. The third-order valence-electron chi connectivity index (χ3n) is 15.4. The molecule has 0 aliphatic heterocycles. The molecule has 27 heteroatoms. The van der Waals surface area contributed by atoms with Crippen LogP contribution in [0.2, 0.25) is 0 Å². The Bertz CT molecular complexity index is 2580. The molecule has 0 fully saturated rings. The molecule has 0 spiro atoms. The molecule has 0 saturated heterocycles. The summed E-state index contributed by atoms with van der Waals surface area (Å²) in [5, 5.41) is 0. The Morgan fingerprint density at radius 1 is 0.297 bits per heavy atom. The van der Waals surface area contributed by atoms with Crippen LogP contribution >= 0.6 is 0 Å². The molecule has 5 rings (SSSR count). The summed E-state index contributed by atoms with van der Waals surface area (Å²) in [5.74, 6) is 3.68. The van der Waals surface area contributed by atoms with Crippen LogP contribution < -0.4 is 21.9 Å². The molecule has 1 nitrogen and oxygen atoms in total. The van der Waals surface area contributed by atoms with Crippen molar-refractivity contribution >= 4 is 44.7 Å². The van der Waals surface area contributed by atoms with Crippen LogP contribution in [-0.2, 0) is 60.3 Å². The Kier molecular flexibility index (Phi) is 28.3. The Morgan fingerprint density at radius 3 is 0.692 bits per heavy atom. The Balaban J connectivity index is 0.000000444. The van der Waals surface area contributed by atoms with Crippen molar-refractivity contribution in [2.24, 2.45) is 0 Å². The number of unbranched alkanes of at least 4 members (excludes halogenated alkanes) is 18. The number of rotatable bonds is 29. The number of hydrogen-bond acceptors (Lipinski definition) is 1. The third kappa shape index (κ3) is 24.1. The highest BCUT2D eigenvalue weighted by Gasteiger charge is 2.47. The molecule has 0 radical (unpaired) electrons. The van der Waals surface area contributed by atoms with Crippen molar-refractivity contribution in [1.82, 2.24) is 0 Å². The van der Waals surface area contributed by atoms with Crippen LogP contribution in [0.4, 0.5) is 105 Å². The Morgan fingerprint density at radius 2 is 0.495 bits per heavy atom. The molecule has 91 heavy (non-hydrogen) atoms. The van der Waals surface area contributed by atoms with E-state index in [0.717, 1.165) is 11.3 Å². The number of benzene rings is 5. The molecule has 508 valence electrons. The van der Waals surface area contributed by atoms with Crippen LogP contribution in [0.25, 0.3) is 0 Å². The fourth-order valence-corrected chi connectivity index (χ4v) is 13.1. The van der Waals surface area contributed by atoms with Crippen molar-refractivity contribution in [3.05, 3.63) is 153 Å². The molecule has 5 aromatic rings. The summed E-state index contributed by atoms with van der Waals surface area (Å²) < 4.78 is 341. The minimum absolute atomic E-state index is 0.270. The average molecular weight is 1350 g/mol. The fourth-order valence-electron chi connectivity index (χ4n) is 10.8. The van der Waals surface area contributed by atoms with Crippen molar-refractivity contribution in [1.29, 1.82) is 0 Å². The van der Waals surface area contributed by atoms with Gasteiger partial charge in [-0.1, -0.05) is 195 Å². The van der Waals surface area contributed by atoms with Crippen LogP contribution in [0.15, 0.2) is 103 Å². The quantitative estimate of drug-likeness (QED) is 0.0153. The van der Waals surface area contributed by atoms with Gasteiger partial charge >= 0.3 is 49.4 Å². The number of Topliss-reactive ketones (excluding diaryl/α,β-unsaturated/α-hetero) is 1. The molecule has 0 saturated carbocycles. The topological polar surface area (TPSA) is 17.1 Å². The normalized spacial score (nSPS) is 13.2. The summed E-state index contributed by atoms with van der Waals surface area (Å²) in [6.07, 6.45) is -27.0. The third-order valence-corrected chi connectivity index (χ3v) is 17.8. The van der Waals surface area contributed by atoms with Crippen molar-refractivity contribution < 1.29 is 110 Å². The second-order valence-electron chi connectivity index (χ2n) is 22.5. The molecule has 0 N–H and O–H groups in total. The zero-order valence-corrected chi connectivity index (χ0v) is 50.4. The second-order valence-corrected chi connectivity index (χ2v) is 24.9. The van der Waals surface area contributed by atoms with Crippen molar-refractivity contribution in [2.75, 3.05) is 17.3 Å². The predicted molar refractivity (Wildman–Crippen MR) is 307 cm³/mol. The van der Waals surface area contributed by atoms with E-state index < -0.39 is 195 Å². The lowest BCUT2D eigenvalue weighted by Crippen LogP contribution is -2.75. The molecule has 0 aliphatic carbocycles. The van der Waals surface area contributed by atoms with Gasteiger partial charge in [0.25, 0.3) is 0 Å². The van der Waals surface area contributed by atoms with Gasteiger partial charge in [0.15, 0.2) is 5.75 Å². The average Bonchev–Trinajstić information content (AvgIpc) is 0.716. The van der Waals surface area contributed by atoms with Gasteiger partial charge in [-0.25, -0.2) is 0 Å². The summed E-state index contributed by atoms with van der Waals surface area (Å²) in [5.41, 5.74) is -29.3. The summed E-state index contributed by atoms with van der Waals surface area (Å²) in [6.45, 7) is 4.58. The standard InChI is InChI=1S/C32H12BF24.C32H57OS/c34-25(35,36)13-1-14(26(37,38)39)6-21(5-13)33(22-7-15(27(40,41)42)2-16(8-22)28(43,44)45,23-9-17(29(46,47)48)3-18(10-23)30(49,50)51)24-11-19(31(52,53)54)4-20(12-24)32(55,56)57;1-3-5-7-9-11-13-15-17-19-24-28-34(30-32(33)31-26-22-21-23-27-31)29-25-20-18-16-14-12-10-8-6-4-2/h1-12H;21-23,26-27H,3-20,24-25,28-30H2,1-2H3/q-1;+1. The lowest BCUT2D eigenvalue weighted by atomic mass is 9.12. The van der Waals surface area contributed by atoms with Crippen molar-refractivity contribution in [2.45, 2.75) is 192 Å². The van der Waals surface area contributed by atoms with Gasteiger partial charge in [-0.15, -0.1) is 0 Å². The van der Waals surface area contributed by atoms with E-state index >= 15 is 0 Å². The fraction of sp³-hybridized carbons (Fsp3) is 0.516. The maximum Gasteiger partial charge on any atom is 0.416 e. The molecule has 0 heterocycles. The van der Waals surface area contributed by atoms with Crippen LogP contribution in [0.3, 0.4) is 0 Å². The molecule has 0 aliphatic rings. The molecule has 0 amide bonds. The summed E-state index contributed by atoms with van der Waals surface area (Å²) in [6, 6.07) is 1.17. The maximum atomic E-state index is 14.2. The van der Waals surface area contributed by atoms with Gasteiger partial charge in [-0.05, 0) is 60.8 Å². The lowest BCUT2D eigenvalue weighted by Gasteiger charge is -2.46. The Hall–Kier alpha value is -5.50. The zero-order chi connectivity index (χ0) is 68.4. The highest BCUT2D eigenvalue weighted by Crippen LogP contribution is 2.42. The first kappa shape index (κ1) is 78.0. The number of ketones is 1. The van der Waals surface area contributed by atoms with Crippen LogP contribution in [0.1, 0.15) is 197 Å². The zero-order valence-electron chi connectivity index (χ0n) is 49.5. The largest absolute Gasteiger partial charge is 0.416 e. The van der Waals surface area contributed by atoms with Gasteiger partial charge in [0.05, 0.1) is 44.5 Å². The van der Waals surface area contributed by atoms with Crippen LogP contribution in [0.5, 0.6) is 0 Å². The molecule has 0 aromatic heterocycles. The molecule has 0 unspecified atom stereocenters. The first-order valence-corrected chi connectivity index (χ1v) is 31.3. The first-order chi connectivity index (χ1) is 42.0. The summed E-state index contributed by atoms with van der Waals surface area (Å²) >= 11 is 0. The summed E-state index contributed by atoms with van der Waals surface area (Å²) in [7, 11) is 0.270. The number of carbonyl (C=O) groups excluding carboxylic acids is 1. The monoisotopic (exact) mass is 1350 g/mol. The van der Waals surface area contributed by atoms with Gasteiger partial charge in [0, 0.05) is 5.56 Å². The van der Waals surface area contributed by atoms with Crippen molar-refractivity contribution in [3.8, 4) is 0 Å². The molecular weight excluding hydrogens is 1280 g/mol. The minimum atomic E-state index is -6.13. The van der Waals surface area contributed by atoms with E-state index in [0.29, 0.717) is 5.78 Å². The van der Waals surface area contributed by atoms with E-state index in [1.165, 1.54) is 140 Å². The predicted octanol–water partition coefficient (Wildman–Crippen LogP) is 21.5. The number of halogens is 24. The maximum absolute atomic E-state index is 14.2. The van der Waals surface area contributed by atoms with E-state index in [2.05, 4.69) is 13.8 Å². The first-order valence-electron chi connectivity index (χ1n) is 29.6. The molecule has 0 bridgehead atoms. The SMILES string of the molecule is CCCCCCCCCCCC[S+](CCCCCCCCCCCC)CC(=O)c1ccccc1.FC(F)(F)c1cc([B-](c2cc(C(F)(F)F)cc(C(F)(F)F)c2)(c2cc(C(F)(F)F)cc(C(F)(F)F)c2)c2cc(C(F)(F)F)cc(C(F)(F)F)c2)cc(C(F)(F)F)c1. The number of alkyl halides is 24. The van der Waals surface area contributed by atoms with Crippen LogP contribution in [0, 0.1) is 0 Å². The number of hydrogen-bond donors (Lipinski definition) is 0. The molecule has 0 atom stereocenters. The van der Waals surface area contributed by atoms with Crippen LogP contribution in [-0.4, -0.2) is 29.2 Å². The summed E-state index contributed by atoms with van der Waals surface area (Å²) in [4.78, 5) is 12.8. The highest BCUT2D eigenvalue weighted by atomic mass is 32.2. The highest BCUT2D eigenvalue weighted by molar-refractivity contribution is 7.97. The van der Waals surface area contributed by atoms with E-state index in [9.17, 15) is 110 Å². The van der Waals surface area contributed by atoms with Crippen molar-refractivity contribution in [3.63, 3.8) is 0 Å². The van der Waals surface area contributed by atoms with Gasteiger partial charge in [-0.3, -0.25) is 4.79 Å². The van der Waals surface area contributed by atoms with E-state index in [-0.39, 0.29) is 10.9 Å². The van der Waals surface area contributed by atoms with Gasteiger partial charge in [-0.2, -0.15) is 127 Å². The molecular formula is C64H69BF24OS. The van der Waals surface area contributed by atoms with E-state index in [4.69, 9.17) is 0 Å². The van der Waals surface area contributed by atoms with Gasteiger partial charge < -0.3 is 0 Å². The van der Waals surface area contributed by atoms with E-state index in [1.807, 2.05) is 30.3 Å². The van der Waals surface area contributed by atoms with E-state index in [1.54, 1.807) is 0 Å².